The molecule has 1 aromatic carbocycles. The molecule has 0 N–H and O–H groups in total. The normalized spacial score (nSPS) is 14.2. The van der Waals surface area contributed by atoms with Crippen molar-refractivity contribution in [1.29, 1.82) is 0 Å². The van der Waals surface area contributed by atoms with Crippen LogP contribution in [-0.4, -0.2) is 17.5 Å². The Balaban J connectivity index is 0.00000288. The lowest BCUT2D eigenvalue weighted by Crippen LogP contribution is -2.25. The number of allylic oxidation sites excluding steroid dienone is 2. The van der Waals surface area contributed by atoms with Crippen LogP contribution in [0.4, 0.5) is 0 Å². The first-order valence-electron chi connectivity index (χ1n) is 8.52. The molecule has 0 amide bonds. The van der Waals surface area contributed by atoms with E-state index in [4.69, 9.17) is 0 Å². The molecule has 0 saturated heterocycles. The summed E-state index contributed by atoms with van der Waals surface area (Å²) in [6.45, 7) is 14.5. The largest absolute Gasteiger partial charge is 0.292 e. The average molecular weight is 344 g/mol. The van der Waals surface area contributed by atoms with Gasteiger partial charge in [-0.2, -0.15) is 0 Å². The van der Waals surface area contributed by atoms with Crippen molar-refractivity contribution < 1.29 is 0 Å². The smallest absolute Gasteiger partial charge is 0.0240 e. The molecule has 1 aliphatic rings. The third-order valence-corrected chi connectivity index (χ3v) is 3.86. The number of hydrogen-bond donors (Lipinski definition) is 0. The monoisotopic (exact) mass is 343 g/mol. The van der Waals surface area contributed by atoms with E-state index in [1.165, 1.54) is 24.0 Å². The van der Waals surface area contributed by atoms with Gasteiger partial charge in [0.25, 0.3) is 0 Å². The third kappa shape index (κ3) is 7.39. The molecular weight excluding hydrogens is 314 g/mol. The minimum atomic E-state index is 0. The van der Waals surface area contributed by atoms with Crippen molar-refractivity contribution in [3.05, 3.63) is 54.1 Å². The van der Waals surface area contributed by atoms with Crippen molar-refractivity contribution >= 4 is 18.0 Å². The summed E-state index contributed by atoms with van der Waals surface area (Å²) in [5.74, 6) is 6.40. The molecule has 1 aliphatic carbocycles. The molecular formula is C22H30ClN. The van der Waals surface area contributed by atoms with Gasteiger partial charge >= 0.3 is 0 Å². The first-order chi connectivity index (χ1) is 10.8. The molecule has 2 heteroatoms. The van der Waals surface area contributed by atoms with Gasteiger partial charge in [0, 0.05) is 24.5 Å². The van der Waals surface area contributed by atoms with Crippen molar-refractivity contribution in [2.24, 2.45) is 5.41 Å². The standard InChI is InChI=1S/C22H29N.ClH/c1-18(2)20-11-9-10-19(16-20)17-23(21-12-13-21)15-8-6-7-14-22(3,4)5;/h6,8-11,16,21H,1,12-13,15,17H2,2-5H3;1H. The SMILES string of the molecule is C=C(C)c1cccc(CN(CC=CC#CC(C)(C)C)C2CC2)c1.Cl. The fourth-order valence-corrected chi connectivity index (χ4v) is 2.46. The van der Waals surface area contributed by atoms with Crippen molar-refractivity contribution in [3.63, 3.8) is 0 Å². The first-order valence-corrected chi connectivity index (χ1v) is 8.52. The molecule has 130 valence electrons. The number of rotatable bonds is 6. The van der Waals surface area contributed by atoms with Crippen molar-refractivity contribution in [3.8, 4) is 11.8 Å². The highest BCUT2D eigenvalue weighted by Crippen LogP contribution is 2.28. The van der Waals surface area contributed by atoms with Gasteiger partial charge in [0.05, 0.1) is 0 Å². The maximum Gasteiger partial charge on any atom is 0.0240 e. The van der Waals surface area contributed by atoms with Crippen LogP contribution < -0.4 is 0 Å². The van der Waals surface area contributed by atoms with E-state index in [2.05, 4.69) is 81.4 Å². The molecule has 1 saturated carbocycles. The van der Waals surface area contributed by atoms with Gasteiger partial charge in [-0.15, -0.1) is 12.4 Å². The third-order valence-electron chi connectivity index (χ3n) is 3.86. The van der Waals surface area contributed by atoms with E-state index in [1.807, 2.05) is 6.08 Å². The molecule has 2 rings (SSSR count). The van der Waals surface area contributed by atoms with Crippen LogP contribution in [-0.2, 0) is 6.54 Å². The van der Waals surface area contributed by atoms with Crippen molar-refractivity contribution in [2.75, 3.05) is 6.54 Å². The van der Waals surface area contributed by atoms with E-state index in [0.29, 0.717) is 0 Å². The number of nitrogens with zero attached hydrogens (tertiary/aromatic N) is 1. The van der Waals surface area contributed by atoms with E-state index in [1.54, 1.807) is 0 Å². The Morgan fingerprint density at radius 2 is 2.04 bits per heavy atom. The second-order valence-electron chi connectivity index (χ2n) is 7.56. The zero-order valence-electron chi connectivity index (χ0n) is 15.4. The maximum atomic E-state index is 4.04. The molecule has 1 nitrogen and oxygen atoms in total. The summed E-state index contributed by atoms with van der Waals surface area (Å²) in [7, 11) is 0. The van der Waals surface area contributed by atoms with E-state index in [0.717, 1.165) is 24.7 Å². The first kappa shape index (κ1) is 20.6. The Morgan fingerprint density at radius 1 is 1.33 bits per heavy atom. The summed E-state index contributed by atoms with van der Waals surface area (Å²) in [6, 6.07) is 9.49. The predicted molar refractivity (Wildman–Crippen MR) is 108 cm³/mol. The van der Waals surface area contributed by atoms with Crippen LogP contribution in [0.3, 0.4) is 0 Å². The zero-order valence-corrected chi connectivity index (χ0v) is 16.2. The molecule has 0 aromatic heterocycles. The Morgan fingerprint density at radius 3 is 2.62 bits per heavy atom. The highest BCUT2D eigenvalue weighted by molar-refractivity contribution is 5.85. The minimum absolute atomic E-state index is 0. The van der Waals surface area contributed by atoms with Gasteiger partial charge in [0.1, 0.15) is 0 Å². The van der Waals surface area contributed by atoms with Gasteiger partial charge in [-0.1, -0.05) is 54.3 Å². The predicted octanol–water partition coefficient (Wildman–Crippen LogP) is 5.71. The van der Waals surface area contributed by atoms with Crippen LogP contribution in [0.25, 0.3) is 5.57 Å². The molecule has 0 aliphatic heterocycles. The van der Waals surface area contributed by atoms with Crippen LogP contribution in [0.2, 0.25) is 0 Å². The van der Waals surface area contributed by atoms with Gasteiger partial charge in [-0.25, -0.2) is 0 Å². The van der Waals surface area contributed by atoms with Crippen LogP contribution >= 0.6 is 12.4 Å². The fourth-order valence-electron chi connectivity index (χ4n) is 2.46. The van der Waals surface area contributed by atoms with Gasteiger partial charge in [-0.05, 0) is 57.7 Å². The van der Waals surface area contributed by atoms with Crippen LogP contribution in [0.1, 0.15) is 51.7 Å². The molecule has 1 aromatic rings. The lowest BCUT2D eigenvalue weighted by molar-refractivity contribution is 0.283. The summed E-state index contributed by atoms with van der Waals surface area (Å²) < 4.78 is 0. The topological polar surface area (TPSA) is 3.24 Å². The van der Waals surface area contributed by atoms with Gasteiger partial charge in [-0.3, -0.25) is 4.90 Å². The quantitative estimate of drug-likeness (QED) is 0.598. The van der Waals surface area contributed by atoms with Crippen molar-refractivity contribution in [2.45, 2.75) is 53.1 Å². The van der Waals surface area contributed by atoms with E-state index in [9.17, 15) is 0 Å². The van der Waals surface area contributed by atoms with Gasteiger partial charge in [0.15, 0.2) is 0 Å². The summed E-state index contributed by atoms with van der Waals surface area (Å²) in [5.41, 5.74) is 3.81. The fraction of sp³-hybridized carbons (Fsp3) is 0.455. The average Bonchev–Trinajstić information content (AvgIpc) is 3.29. The van der Waals surface area contributed by atoms with Gasteiger partial charge in [0.2, 0.25) is 0 Å². The maximum absolute atomic E-state index is 4.04. The second-order valence-corrected chi connectivity index (χ2v) is 7.56. The summed E-state index contributed by atoms with van der Waals surface area (Å²) in [4.78, 5) is 2.55. The lowest BCUT2D eigenvalue weighted by atomic mass is 9.98. The van der Waals surface area contributed by atoms with Crippen LogP contribution in [0.5, 0.6) is 0 Å². The number of benzene rings is 1. The summed E-state index contributed by atoms with van der Waals surface area (Å²) in [5, 5.41) is 0. The van der Waals surface area contributed by atoms with E-state index < -0.39 is 0 Å². The lowest BCUT2D eigenvalue weighted by Gasteiger charge is -2.20. The summed E-state index contributed by atoms with van der Waals surface area (Å²) >= 11 is 0. The Hall–Kier alpha value is -1.49. The van der Waals surface area contributed by atoms with Crippen molar-refractivity contribution in [1.82, 2.24) is 4.90 Å². The second kappa shape index (κ2) is 9.11. The molecule has 0 atom stereocenters. The molecule has 0 heterocycles. The molecule has 0 radical (unpaired) electrons. The Labute approximate surface area is 154 Å². The molecule has 0 spiro atoms. The number of halogens is 1. The molecule has 24 heavy (non-hydrogen) atoms. The van der Waals surface area contributed by atoms with Gasteiger partial charge < -0.3 is 0 Å². The minimum Gasteiger partial charge on any atom is -0.292 e. The molecule has 1 fully saturated rings. The van der Waals surface area contributed by atoms with E-state index >= 15 is 0 Å². The number of hydrogen-bond acceptors (Lipinski definition) is 1. The zero-order chi connectivity index (χ0) is 16.9. The van der Waals surface area contributed by atoms with Crippen LogP contribution in [0.15, 0.2) is 43.0 Å². The van der Waals surface area contributed by atoms with Crippen LogP contribution in [0, 0.1) is 17.3 Å². The Bertz CT molecular complexity index is 636. The molecule has 0 bridgehead atoms. The highest BCUT2D eigenvalue weighted by Gasteiger charge is 2.28. The molecule has 0 unspecified atom stereocenters. The summed E-state index contributed by atoms with van der Waals surface area (Å²) in [6.07, 6.45) is 6.84. The highest BCUT2D eigenvalue weighted by atomic mass is 35.5. The van der Waals surface area contributed by atoms with E-state index in [-0.39, 0.29) is 17.8 Å². The Kier molecular flexibility index (Phi) is 7.80.